The van der Waals surface area contributed by atoms with Crippen LogP contribution in [0.4, 0.5) is 4.79 Å². The first-order chi connectivity index (χ1) is 7.73. The van der Waals surface area contributed by atoms with Gasteiger partial charge in [0.25, 0.3) is 0 Å². The lowest BCUT2D eigenvalue weighted by Crippen LogP contribution is -2.48. The topological polar surface area (TPSA) is 141 Å². The highest BCUT2D eigenvalue weighted by atomic mass is 16.4. The standard InChI is InChI=1S/C8H13N3O6/c1-10(2-5(9)12)8(17)11(3-6(13)14)4-7(15)16/h2-4H2,1H3,(H2,9,12)(H,13,14)(H,15,16). The first-order valence-electron chi connectivity index (χ1n) is 4.46. The lowest BCUT2D eigenvalue weighted by Gasteiger charge is -2.24. The fraction of sp³-hybridized carbons (Fsp3) is 0.500. The monoisotopic (exact) mass is 247 g/mol. The predicted octanol–water partition coefficient (Wildman–Crippen LogP) is -2.01. The van der Waals surface area contributed by atoms with E-state index in [1.54, 1.807) is 0 Å². The van der Waals surface area contributed by atoms with Crippen molar-refractivity contribution in [3.63, 3.8) is 0 Å². The zero-order valence-electron chi connectivity index (χ0n) is 9.12. The third-order valence-corrected chi connectivity index (χ3v) is 1.64. The van der Waals surface area contributed by atoms with Crippen LogP contribution < -0.4 is 5.73 Å². The summed E-state index contributed by atoms with van der Waals surface area (Å²) in [6.45, 7) is -1.96. The quantitative estimate of drug-likeness (QED) is 0.495. The largest absolute Gasteiger partial charge is 0.480 e. The van der Waals surface area contributed by atoms with Crippen LogP contribution in [0.25, 0.3) is 0 Å². The molecule has 0 atom stereocenters. The second-order valence-electron chi connectivity index (χ2n) is 3.25. The van der Waals surface area contributed by atoms with Gasteiger partial charge in [0.1, 0.15) is 19.6 Å². The van der Waals surface area contributed by atoms with Gasteiger partial charge in [0, 0.05) is 7.05 Å². The van der Waals surface area contributed by atoms with Gasteiger partial charge in [-0.2, -0.15) is 0 Å². The molecular formula is C8H13N3O6. The minimum atomic E-state index is -1.35. The van der Waals surface area contributed by atoms with Gasteiger partial charge in [-0.15, -0.1) is 0 Å². The maximum atomic E-state index is 11.6. The van der Waals surface area contributed by atoms with Gasteiger partial charge in [0.2, 0.25) is 5.91 Å². The fourth-order valence-corrected chi connectivity index (χ4v) is 1.06. The molecule has 0 saturated carbocycles. The number of rotatable bonds is 6. The Balaban J connectivity index is 4.66. The summed E-state index contributed by atoms with van der Waals surface area (Å²) in [5.74, 6) is -3.49. The summed E-state index contributed by atoms with van der Waals surface area (Å²) < 4.78 is 0. The highest BCUT2D eigenvalue weighted by Gasteiger charge is 2.23. The molecule has 96 valence electrons. The molecule has 9 nitrogen and oxygen atoms in total. The van der Waals surface area contributed by atoms with Crippen molar-refractivity contribution >= 4 is 23.9 Å². The minimum Gasteiger partial charge on any atom is -0.480 e. The number of carbonyl (C=O) groups excluding carboxylic acids is 2. The van der Waals surface area contributed by atoms with E-state index in [1.165, 1.54) is 7.05 Å². The summed E-state index contributed by atoms with van der Waals surface area (Å²) in [6.07, 6.45) is 0. The number of primary amides is 1. The number of aliphatic carboxylic acids is 2. The van der Waals surface area contributed by atoms with E-state index in [0.29, 0.717) is 4.90 Å². The third kappa shape index (κ3) is 5.97. The zero-order valence-corrected chi connectivity index (χ0v) is 9.12. The van der Waals surface area contributed by atoms with Crippen molar-refractivity contribution in [3.05, 3.63) is 0 Å². The first-order valence-corrected chi connectivity index (χ1v) is 4.46. The highest BCUT2D eigenvalue weighted by molar-refractivity contribution is 5.87. The summed E-state index contributed by atoms with van der Waals surface area (Å²) in [5, 5.41) is 17.0. The zero-order chi connectivity index (χ0) is 13.6. The molecule has 9 heteroatoms. The molecule has 0 aliphatic carbocycles. The fourth-order valence-electron chi connectivity index (χ4n) is 1.06. The van der Waals surface area contributed by atoms with E-state index in [4.69, 9.17) is 15.9 Å². The number of nitrogens with zero attached hydrogens (tertiary/aromatic N) is 2. The first kappa shape index (κ1) is 14.7. The molecule has 0 saturated heterocycles. The summed E-state index contributed by atoms with van der Waals surface area (Å²) >= 11 is 0. The number of carboxylic acids is 2. The normalized spacial score (nSPS) is 9.47. The van der Waals surface area contributed by atoms with E-state index in [2.05, 4.69) is 0 Å². The van der Waals surface area contributed by atoms with Crippen molar-refractivity contribution < 1.29 is 29.4 Å². The van der Waals surface area contributed by atoms with Crippen molar-refractivity contribution in [2.75, 3.05) is 26.7 Å². The van der Waals surface area contributed by atoms with Crippen molar-refractivity contribution in [2.24, 2.45) is 5.73 Å². The van der Waals surface area contributed by atoms with E-state index >= 15 is 0 Å². The van der Waals surface area contributed by atoms with Crippen LogP contribution in [0.5, 0.6) is 0 Å². The summed E-state index contributed by atoms with van der Waals surface area (Å²) in [6, 6.07) is -0.895. The second kappa shape index (κ2) is 6.30. The van der Waals surface area contributed by atoms with Gasteiger partial charge in [-0.05, 0) is 0 Å². The summed E-state index contributed by atoms with van der Waals surface area (Å²) in [7, 11) is 1.21. The molecule has 0 spiro atoms. The second-order valence-corrected chi connectivity index (χ2v) is 3.25. The molecule has 0 aliphatic rings. The van der Waals surface area contributed by atoms with Crippen molar-refractivity contribution in [1.82, 2.24) is 9.80 Å². The maximum Gasteiger partial charge on any atom is 0.323 e. The Morgan fingerprint density at radius 2 is 1.41 bits per heavy atom. The van der Waals surface area contributed by atoms with Crippen LogP contribution in [0.3, 0.4) is 0 Å². The maximum absolute atomic E-state index is 11.6. The van der Waals surface area contributed by atoms with E-state index in [9.17, 15) is 19.2 Å². The average molecular weight is 247 g/mol. The number of urea groups is 1. The molecular weight excluding hydrogens is 234 g/mol. The Bertz CT molecular complexity index is 326. The Morgan fingerprint density at radius 3 is 1.71 bits per heavy atom. The predicted molar refractivity (Wildman–Crippen MR) is 54.1 cm³/mol. The smallest absolute Gasteiger partial charge is 0.323 e. The van der Waals surface area contributed by atoms with Crippen molar-refractivity contribution in [2.45, 2.75) is 0 Å². The van der Waals surface area contributed by atoms with Crippen molar-refractivity contribution in [3.8, 4) is 0 Å². The lowest BCUT2D eigenvalue weighted by molar-refractivity contribution is -0.140. The van der Waals surface area contributed by atoms with E-state index in [1.807, 2.05) is 0 Å². The summed E-state index contributed by atoms with van der Waals surface area (Å²) in [5.41, 5.74) is 4.85. The van der Waals surface area contributed by atoms with Gasteiger partial charge in [-0.1, -0.05) is 0 Å². The number of carboxylic acid groups (broad SMARTS) is 2. The van der Waals surface area contributed by atoms with Gasteiger partial charge in [0.15, 0.2) is 0 Å². The molecule has 0 rings (SSSR count). The third-order valence-electron chi connectivity index (χ3n) is 1.64. The van der Waals surface area contributed by atoms with Crippen LogP contribution in [0.1, 0.15) is 0 Å². The van der Waals surface area contributed by atoms with E-state index < -0.39 is 43.5 Å². The molecule has 0 radical (unpaired) electrons. The van der Waals surface area contributed by atoms with Crippen LogP contribution >= 0.6 is 0 Å². The van der Waals surface area contributed by atoms with Crippen LogP contribution in [-0.2, 0) is 14.4 Å². The van der Waals surface area contributed by atoms with Gasteiger partial charge < -0.3 is 25.7 Å². The number of hydrogen-bond donors (Lipinski definition) is 3. The van der Waals surface area contributed by atoms with E-state index in [0.717, 1.165) is 4.90 Å². The highest BCUT2D eigenvalue weighted by Crippen LogP contribution is 1.97. The Kier molecular flexibility index (Phi) is 5.44. The number of likely N-dealkylation sites (N-methyl/N-ethyl adjacent to an activating group) is 1. The van der Waals surface area contributed by atoms with Gasteiger partial charge in [0.05, 0.1) is 0 Å². The van der Waals surface area contributed by atoms with Crippen LogP contribution in [0.2, 0.25) is 0 Å². The molecule has 0 aliphatic heterocycles. The van der Waals surface area contributed by atoms with Crippen LogP contribution in [0, 0.1) is 0 Å². The lowest BCUT2D eigenvalue weighted by atomic mass is 10.4. The molecule has 0 unspecified atom stereocenters. The molecule has 0 aromatic rings. The number of amides is 3. The van der Waals surface area contributed by atoms with Gasteiger partial charge in [-0.25, -0.2) is 4.79 Å². The SMILES string of the molecule is CN(CC(N)=O)C(=O)N(CC(=O)O)CC(=O)O. The van der Waals surface area contributed by atoms with E-state index in [-0.39, 0.29) is 0 Å². The summed E-state index contributed by atoms with van der Waals surface area (Å²) in [4.78, 5) is 44.4. The van der Waals surface area contributed by atoms with Crippen LogP contribution in [-0.4, -0.2) is 70.6 Å². The molecule has 0 aromatic carbocycles. The Morgan fingerprint density at radius 1 is 1.00 bits per heavy atom. The number of carbonyl (C=O) groups is 4. The molecule has 17 heavy (non-hydrogen) atoms. The van der Waals surface area contributed by atoms with Crippen molar-refractivity contribution in [1.29, 1.82) is 0 Å². The van der Waals surface area contributed by atoms with Crippen LogP contribution in [0.15, 0.2) is 0 Å². The molecule has 4 N–H and O–H groups in total. The Labute approximate surface area is 96.4 Å². The van der Waals surface area contributed by atoms with Gasteiger partial charge in [-0.3, -0.25) is 14.4 Å². The molecule has 0 heterocycles. The minimum absolute atomic E-state index is 0.422. The molecule has 0 aromatic heterocycles. The van der Waals surface area contributed by atoms with Gasteiger partial charge >= 0.3 is 18.0 Å². The average Bonchev–Trinajstić information content (AvgIpc) is 2.12. The molecule has 3 amide bonds. The number of hydrogen-bond acceptors (Lipinski definition) is 4. The number of nitrogens with two attached hydrogens (primary N) is 1. The molecule has 0 fully saturated rings. The molecule has 0 bridgehead atoms. The Hall–Kier alpha value is -2.32.